The monoisotopic (exact) mass is 245 g/mol. The minimum absolute atomic E-state index is 0.239. The summed E-state index contributed by atoms with van der Waals surface area (Å²) < 4.78 is 0. The molecule has 0 saturated carbocycles. The fourth-order valence-corrected chi connectivity index (χ4v) is 2.45. The average molecular weight is 245 g/mol. The van der Waals surface area contributed by atoms with Crippen LogP contribution >= 0.6 is 0 Å². The van der Waals surface area contributed by atoms with Crippen molar-refractivity contribution >= 4 is 16.7 Å². The number of benzene rings is 1. The zero-order valence-corrected chi connectivity index (χ0v) is 11.3. The summed E-state index contributed by atoms with van der Waals surface area (Å²) in [6.07, 6.45) is 0. The average Bonchev–Trinajstić information content (AvgIpc) is 2.71. The maximum atomic E-state index is 12.4. The van der Waals surface area contributed by atoms with Gasteiger partial charge in [-0.15, -0.1) is 0 Å². The largest absolute Gasteiger partial charge is 0.358 e. The summed E-state index contributed by atoms with van der Waals surface area (Å²) in [6.45, 7) is 8.77. The number of aromatic nitrogens is 1. The Morgan fingerprint density at radius 2 is 1.89 bits per heavy atom. The van der Waals surface area contributed by atoms with Crippen LogP contribution in [0.1, 0.15) is 29.9 Å². The third-order valence-electron chi connectivity index (χ3n) is 3.58. The maximum absolute atomic E-state index is 12.4. The first kappa shape index (κ1) is 12.8. The van der Waals surface area contributed by atoms with E-state index in [1.807, 2.05) is 31.2 Å². The highest BCUT2D eigenvalue weighted by atomic mass is 16.1. The number of rotatable bonds is 5. The van der Waals surface area contributed by atoms with Gasteiger partial charge < -0.3 is 9.88 Å². The molecule has 2 aromatic rings. The number of ketones is 1. The summed E-state index contributed by atoms with van der Waals surface area (Å²) in [5.74, 6) is 0.239. The molecule has 0 fully saturated rings. The molecule has 2 rings (SSSR count). The molecule has 0 aliphatic carbocycles. The van der Waals surface area contributed by atoms with Crippen molar-refractivity contribution in [1.82, 2.24) is 4.98 Å². The molecule has 0 unspecified atom stereocenters. The summed E-state index contributed by atoms with van der Waals surface area (Å²) >= 11 is 0. The minimum atomic E-state index is 0.239. The van der Waals surface area contributed by atoms with Crippen LogP contribution in [-0.2, 0) is 0 Å². The van der Waals surface area contributed by atoms with Crippen molar-refractivity contribution < 1.29 is 9.69 Å². The third-order valence-corrected chi connectivity index (χ3v) is 3.58. The number of likely N-dealkylation sites (N-methyl/N-ethyl adjacent to an activating group) is 1. The van der Waals surface area contributed by atoms with Crippen LogP contribution in [0.2, 0.25) is 0 Å². The second kappa shape index (κ2) is 5.36. The van der Waals surface area contributed by atoms with Gasteiger partial charge in [-0.1, -0.05) is 18.2 Å². The lowest BCUT2D eigenvalue weighted by atomic mass is 10.1. The topological polar surface area (TPSA) is 37.3 Å². The molecule has 0 saturated heterocycles. The number of aromatic amines is 1. The van der Waals surface area contributed by atoms with Gasteiger partial charge in [0.1, 0.15) is 6.54 Å². The van der Waals surface area contributed by atoms with Crippen molar-refractivity contribution in [1.29, 1.82) is 0 Å². The van der Waals surface area contributed by atoms with E-state index in [1.54, 1.807) is 0 Å². The molecule has 0 radical (unpaired) electrons. The molecular weight excluding hydrogens is 224 g/mol. The van der Waals surface area contributed by atoms with E-state index in [2.05, 4.69) is 18.8 Å². The Bertz CT molecular complexity index is 553. The number of hydrogen-bond donors (Lipinski definition) is 2. The van der Waals surface area contributed by atoms with Gasteiger partial charge in [0.25, 0.3) is 0 Å². The number of para-hydroxylation sites is 1. The molecule has 0 aliphatic heterocycles. The molecule has 0 amide bonds. The van der Waals surface area contributed by atoms with Crippen LogP contribution in [0.5, 0.6) is 0 Å². The van der Waals surface area contributed by atoms with Gasteiger partial charge in [0.2, 0.25) is 5.78 Å². The predicted octanol–water partition coefficient (Wildman–Crippen LogP) is 1.58. The summed E-state index contributed by atoms with van der Waals surface area (Å²) in [6, 6.07) is 8.01. The van der Waals surface area contributed by atoms with E-state index >= 15 is 0 Å². The van der Waals surface area contributed by atoms with E-state index in [0.29, 0.717) is 6.54 Å². The van der Waals surface area contributed by atoms with Gasteiger partial charge in [0.05, 0.1) is 18.7 Å². The van der Waals surface area contributed by atoms with Gasteiger partial charge in [-0.2, -0.15) is 0 Å². The Morgan fingerprint density at radius 1 is 1.22 bits per heavy atom. The maximum Gasteiger partial charge on any atom is 0.219 e. The molecule has 96 valence electrons. The molecule has 18 heavy (non-hydrogen) atoms. The van der Waals surface area contributed by atoms with E-state index < -0.39 is 0 Å². The van der Waals surface area contributed by atoms with E-state index in [0.717, 1.165) is 35.2 Å². The summed E-state index contributed by atoms with van der Waals surface area (Å²) in [4.78, 5) is 17.0. The van der Waals surface area contributed by atoms with Crippen LogP contribution in [0.15, 0.2) is 24.3 Å². The van der Waals surface area contributed by atoms with E-state index in [4.69, 9.17) is 0 Å². The van der Waals surface area contributed by atoms with Crippen LogP contribution < -0.4 is 4.90 Å². The zero-order valence-electron chi connectivity index (χ0n) is 11.3. The fraction of sp³-hybridized carbons (Fsp3) is 0.400. The minimum Gasteiger partial charge on any atom is -0.358 e. The molecule has 0 spiro atoms. The van der Waals surface area contributed by atoms with Crippen molar-refractivity contribution in [3.8, 4) is 0 Å². The van der Waals surface area contributed by atoms with Gasteiger partial charge in [-0.3, -0.25) is 4.79 Å². The predicted molar refractivity (Wildman–Crippen MR) is 74.3 cm³/mol. The van der Waals surface area contributed by atoms with Crippen LogP contribution in [0.25, 0.3) is 10.9 Å². The molecule has 3 heteroatoms. The van der Waals surface area contributed by atoms with E-state index in [-0.39, 0.29) is 5.78 Å². The lowest BCUT2D eigenvalue weighted by Crippen LogP contribution is -3.12. The molecule has 0 aliphatic rings. The van der Waals surface area contributed by atoms with Crippen molar-refractivity contribution in [2.24, 2.45) is 0 Å². The van der Waals surface area contributed by atoms with Gasteiger partial charge >= 0.3 is 0 Å². The molecule has 2 N–H and O–H groups in total. The lowest BCUT2D eigenvalue weighted by molar-refractivity contribution is -0.887. The summed E-state index contributed by atoms with van der Waals surface area (Å²) in [5.41, 5.74) is 2.89. The highest BCUT2D eigenvalue weighted by Crippen LogP contribution is 2.21. The fourth-order valence-electron chi connectivity index (χ4n) is 2.45. The lowest BCUT2D eigenvalue weighted by Gasteiger charge is -2.14. The standard InChI is InChI=1S/C15H20N2O/c1-4-17(5-2)10-14(18)15-11(3)16-13-9-7-6-8-12(13)15/h6-9,16H,4-5,10H2,1-3H3/p+1. The van der Waals surface area contributed by atoms with Crippen LogP contribution in [0.3, 0.4) is 0 Å². The van der Waals surface area contributed by atoms with Crippen molar-refractivity contribution in [3.63, 3.8) is 0 Å². The van der Waals surface area contributed by atoms with Crippen LogP contribution in [-0.4, -0.2) is 30.4 Å². The van der Waals surface area contributed by atoms with Crippen molar-refractivity contribution in [3.05, 3.63) is 35.5 Å². The number of aryl methyl sites for hydroxylation is 1. The van der Waals surface area contributed by atoms with Gasteiger partial charge in [-0.25, -0.2) is 0 Å². The first-order valence-electron chi connectivity index (χ1n) is 6.61. The number of hydrogen-bond acceptors (Lipinski definition) is 1. The third kappa shape index (κ3) is 2.31. The van der Waals surface area contributed by atoms with Gasteiger partial charge in [0.15, 0.2) is 0 Å². The summed E-state index contributed by atoms with van der Waals surface area (Å²) in [5, 5.41) is 1.05. The molecular formula is C15H21N2O+. The molecule has 0 bridgehead atoms. The second-order valence-electron chi connectivity index (χ2n) is 4.73. The van der Waals surface area contributed by atoms with Crippen LogP contribution in [0, 0.1) is 6.92 Å². The van der Waals surface area contributed by atoms with E-state index in [9.17, 15) is 4.79 Å². The summed E-state index contributed by atoms with van der Waals surface area (Å²) in [7, 11) is 0. The molecule has 3 nitrogen and oxygen atoms in total. The number of carbonyl (C=O) groups is 1. The van der Waals surface area contributed by atoms with Gasteiger partial charge in [0, 0.05) is 16.6 Å². The molecule has 1 aromatic heterocycles. The number of nitrogens with one attached hydrogen (secondary N) is 2. The first-order valence-corrected chi connectivity index (χ1v) is 6.61. The van der Waals surface area contributed by atoms with Gasteiger partial charge in [-0.05, 0) is 26.8 Å². The Balaban J connectivity index is 2.35. The number of carbonyl (C=O) groups excluding carboxylic acids is 1. The number of fused-ring (bicyclic) bond motifs is 1. The molecule has 1 heterocycles. The van der Waals surface area contributed by atoms with Crippen molar-refractivity contribution in [2.75, 3.05) is 19.6 Å². The number of Topliss-reactive ketones (excluding diaryl/α,β-unsaturated/α-hetero) is 1. The first-order chi connectivity index (χ1) is 8.67. The molecule has 0 atom stereocenters. The van der Waals surface area contributed by atoms with Crippen molar-refractivity contribution in [2.45, 2.75) is 20.8 Å². The SMILES string of the molecule is CC[NH+](CC)CC(=O)c1c(C)[nH]c2ccccc12. The Kier molecular flexibility index (Phi) is 3.82. The zero-order chi connectivity index (χ0) is 13.1. The highest BCUT2D eigenvalue weighted by Gasteiger charge is 2.19. The Labute approximate surface area is 108 Å². The molecule has 1 aromatic carbocycles. The second-order valence-corrected chi connectivity index (χ2v) is 4.73. The Hall–Kier alpha value is -1.61. The normalized spacial score (nSPS) is 11.3. The number of quaternary nitrogens is 1. The highest BCUT2D eigenvalue weighted by molar-refractivity contribution is 6.09. The quantitative estimate of drug-likeness (QED) is 0.771. The number of H-pyrrole nitrogens is 1. The smallest absolute Gasteiger partial charge is 0.219 e. The van der Waals surface area contributed by atoms with E-state index in [1.165, 1.54) is 4.90 Å². The Morgan fingerprint density at radius 3 is 2.56 bits per heavy atom. The van der Waals surface area contributed by atoms with Crippen LogP contribution in [0.4, 0.5) is 0 Å².